The number of hydrogen-bond acceptors (Lipinski definition) is 18. The summed E-state index contributed by atoms with van der Waals surface area (Å²) in [7, 11) is 0. The van der Waals surface area contributed by atoms with Crippen LogP contribution < -0.4 is 66.3 Å². The zero-order valence-electron chi connectivity index (χ0n) is 54.9. The lowest BCUT2D eigenvalue weighted by atomic mass is 10.0. The molecule has 0 amide bonds. The summed E-state index contributed by atoms with van der Waals surface area (Å²) in [5.74, 6) is 0. The van der Waals surface area contributed by atoms with E-state index in [0.717, 1.165) is 131 Å². The van der Waals surface area contributed by atoms with Crippen LogP contribution in [0.1, 0.15) is 164 Å². The summed E-state index contributed by atoms with van der Waals surface area (Å²) in [6.07, 6.45) is 4.52. The van der Waals surface area contributed by atoms with Crippen molar-refractivity contribution in [1.82, 2.24) is 61.3 Å². The van der Waals surface area contributed by atoms with Crippen LogP contribution in [0.4, 0.5) is 0 Å². The molecule has 18 unspecified atom stereocenters. The third kappa shape index (κ3) is 29.7. The summed E-state index contributed by atoms with van der Waals surface area (Å²) in [4.78, 5) is 15.0. The fraction of sp³-hybridized carbons (Fsp3) is 1.00. The number of hydrogen-bond donors (Lipinski definition) is 12. The largest absolute Gasteiger partial charge is 0.328 e. The molecule has 0 saturated carbocycles. The minimum absolute atomic E-state index is 0.0781. The van der Waals surface area contributed by atoms with Crippen LogP contribution in [0.5, 0.6) is 0 Å². The SMILES string of the molecule is CC(N)C(C)N1CCNC(C)C1C.CC(N)CCN1CCNC(C)C1C.CC(N)CN1CCNC(C)C1C.CC1NCCN(CC(C)(C)N)C1C.CCC(N)CN1CCNC(C)C1C.CCCC(N)CN1CCNC(C)C1C. The van der Waals surface area contributed by atoms with Gasteiger partial charge in [0.1, 0.15) is 0 Å². The van der Waals surface area contributed by atoms with Crippen molar-refractivity contribution < 1.29 is 0 Å². The lowest BCUT2D eigenvalue weighted by Crippen LogP contribution is -2.60. The molecule has 6 rings (SSSR count). The summed E-state index contributed by atoms with van der Waals surface area (Å²) >= 11 is 0. The summed E-state index contributed by atoms with van der Waals surface area (Å²) in [5.41, 5.74) is 35.4. The molecule has 18 nitrogen and oxygen atoms in total. The average molecular weight is 1110 g/mol. The molecule has 0 radical (unpaired) electrons. The molecule has 18 atom stereocenters. The van der Waals surface area contributed by atoms with Gasteiger partial charge in [-0.3, -0.25) is 29.4 Å². The lowest BCUT2D eigenvalue weighted by Gasteiger charge is -2.43. The normalized spacial score (nSPS) is 33.5. The van der Waals surface area contributed by atoms with E-state index in [1.54, 1.807) is 0 Å². The minimum atomic E-state index is -0.0781. The Balaban J connectivity index is 0.000000468. The highest BCUT2D eigenvalue weighted by molar-refractivity contribution is 4.91. The maximum atomic E-state index is 6.06. The van der Waals surface area contributed by atoms with Crippen LogP contribution in [0.2, 0.25) is 0 Å². The summed E-state index contributed by atoms with van der Waals surface area (Å²) < 4.78 is 0. The van der Waals surface area contributed by atoms with Crippen molar-refractivity contribution in [2.75, 3.05) is 111 Å². The van der Waals surface area contributed by atoms with E-state index in [2.05, 4.69) is 200 Å². The molecule has 18 N–H and O–H groups in total. The van der Waals surface area contributed by atoms with E-state index < -0.39 is 0 Å². The first-order valence-corrected chi connectivity index (χ1v) is 31.9. The fourth-order valence-electron chi connectivity index (χ4n) is 11.4. The van der Waals surface area contributed by atoms with E-state index in [1.807, 2.05) is 0 Å². The molecule has 0 aliphatic carbocycles. The van der Waals surface area contributed by atoms with Crippen molar-refractivity contribution >= 4 is 0 Å². The van der Waals surface area contributed by atoms with Gasteiger partial charge in [-0.25, -0.2) is 0 Å². The summed E-state index contributed by atoms with van der Waals surface area (Å²) in [6.45, 7) is 62.8. The standard InChI is InChI=1S/C11H25N3.4C10H23N3.C9H21N3/c1-4-5-11(12)8-14-7-6-13-9(2)10(14)3;1-8-9(2)13(6-5-12-8)7-10(3,4)11;1-7(11)9(3)13-6-5-12-8(2)10(13)4;1-8(11)4-6-13-7-5-12-9(2)10(13)3;1-4-10(11)7-13-6-5-12-8(2)9(13)3;1-7(10)6-12-5-4-11-8(2)9(12)3/h9-11,13H,4-8,12H2,1-3H3;8-9,12H,5-7,11H2,1-4H3;7-10,12H,5-6,11H2,1-4H3;2*8-10,12H,4-7,11H2,1-3H3;7-9,11H,4-6,10H2,1-3H3. The Hall–Kier alpha value is -0.720. The van der Waals surface area contributed by atoms with Gasteiger partial charge in [-0.15, -0.1) is 0 Å². The molecule has 6 heterocycles. The zero-order chi connectivity index (χ0) is 59.4. The Morgan fingerprint density at radius 2 is 0.756 bits per heavy atom. The predicted octanol–water partition coefficient (Wildman–Crippen LogP) is 2.43. The monoisotopic (exact) mass is 1110 g/mol. The van der Waals surface area contributed by atoms with Crippen LogP contribution >= 0.6 is 0 Å². The number of nitrogens with two attached hydrogens (primary N) is 6. The average Bonchev–Trinajstić information content (AvgIpc) is 3.36. The van der Waals surface area contributed by atoms with E-state index in [1.165, 1.54) is 6.42 Å². The van der Waals surface area contributed by atoms with Crippen molar-refractivity contribution in [3.8, 4) is 0 Å². The van der Waals surface area contributed by atoms with Gasteiger partial charge in [0.15, 0.2) is 0 Å². The molecule has 0 bridgehead atoms. The van der Waals surface area contributed by atoms with Gasteiger partial charge in [0, 0.05) is 219 Å². The molecule has 468 valence electrons. The number of rotatable bonds is 16. The van der Waals surface area contributed by atoms with Gasteiger partial charge in [0.05, 0.1) is 0 Å². The maximum absolute atomic E-state index is 6.06. The van der Waals surface area contributed by atoms with Crippen LogP contribution in [0.15, 0.2) is 0 Å². The Morgan fingerprint density at radius 1 is 0.423 bits per heavy atom. The number of nitrogens with one attached hydrogen (secondary N) is 6. The third-order valence-corrected chi connectivity index (χ3v) is 18.3. The van der Waals surface area contributed by atoms with Crippen molar-refractivity contribution in [2.45, 2.75) is 278 Å². The number of piperazine rings is 6. The first-order chi connectivity index (χ1) is 36.4. The molecule has 78 heavy (non-hydrogen) atoms. The summed E-state index contributed by atoms with van der Waals surface area (Å²) in [5, 5.41) is 20.8. The van der Waals surface area contributed by atoms with Gasteiger partial charge < -0.3 is 66.3 Å². The quantitative estimate of drug-likeness (QED) is 0.106. The van der Waals surface area contributed by atoms with Crippen molar-refractivity contribution in [3.63, 3.8) is 0 Å². The van der Waals surface area contributed by atoms with Crippen LogP contribution in [0.25, 0.3) is 0 Å². The van der Waals surface area contributed by atoms with Crippen molar-refractivity contribution in [2.24, 2.45) is 34.4 Å². The van der Waals surface area contributed by atoms with Gasteiger partial charge in [0.2, 0.25) is 0 Å². The van der Waals surface area contributed by atoms with E-state index in [4.69, 9.17) is 34.4 Å². The maximum Gasteiger partial charge on any atom is 0.0226 e. The first kappa shape index (κ1) is 75.3. The smallest absolute Gasteiger partial charge is 0.0226 e. The highest BCUT2D eigenvalue weighted by Crippen LogP contribution is 2.16. The Labute approximate surface area is 483 Å². The Morgan fingerprint density at radius 3 is 1.12 bits per heavy atom. The van der Waals surface area contributed by atoms with Gasteiger partial charge in [-0.2, -0.15) is 0 Å². The van der Waals surface area contributed by atoms with E-state index in [9.17, 15) is 0 Å². The Bertz CT molecular complexity index is 1450. The van der Waals surface area contributed by atoms with E-state index >= 15 is 0 Å². The molecule has 6 aliphatic heterocycles. The predicted molar refractivity (Wildman–Crippen MR) is 341 cm³/mol. The Kier molecular flexibility index (Phi) is 38.4. The molecule has 0 spiro atoms. The highest BCUT2D eigenvalue weighted by Gasteiger charge is 2.31. The first-order valence-electron chi connectivity index (χ1n) is 31.9. The molecular weight excluding hydrogens is 973 g/mol. The molecule has 0 aromatic heterocycles. The van der Waals surface area contributed by atoms with E-state index in [-0.39, 0.29) is 17.6 Å². The molecule has 0 aromatic carbocycles. The summed E-state index contributed by atoms with van der Waals surface area (Å²) in [6, 6.07) is 9.30. The zero-order valence-corrected chi connectivity index (χ0v) is 54.9. The molecule has 18 heteroatoms. The molecule has 6 saturated heterocycles. The second-order valence-corrected chi connectivity index (χ2v) is 26.2. The van der Waals surface area contributed by atoms with Gasteiger partial charge >= 0.3 is 0 Å². The van der Waals surface area contributed by atoms with Crippen LogP contribution in [0, 0.1) is 0 Å². The van der Waals surface area contributed by atoms with Crippen molar-refractivity contribution in [3.05, 3.63) is 0 Å². The van der Waals surface area contributed by atoms with Gasteiger partial charge in [-0.05, 0) is 150 Å². The molecular formula is C60H138N18. The minimum Gasteiger partial charge on any atom is -0.328 e. The number of nitrogens with zero attached hydrogens (tertiary/aromatic N) is 6. The lowest BCUT2D eigenvalue weighted by molar-refractivity contribution is 0.0866. The molecule has 6 aliphatic rings. The van der Waals surface area contributed by atoms with Crippen LogP contribution in [0.3, 0.4) is 0 Å². The second kappa shape index (κ2) is 39.8. The van der Waals surface area contributed by atoms with Gasteiger partial charge in [-0.1, -0.05) is 20.3 Å². The fourth-order valence-corrected chi connectivity index (χ4v) is 11.4. The third-order valence-electron chi connectivity index (χ3n) is 18.3. The highest BCUT2D eigenvalue weighted by atomic mass is 15.3. The molecule has 0 aromatic rings. The van der Waals surface area contributed by atoms with Crippen LogP contribution in [-0.2, 0) is 0 Å². The van der Waals surface area contributed by atoms with Crippen LogP contribution in [-0.4, -0.2) is 255 Å². The van der Waals surface area contributed by atoms with Gasteiger partial charge in [0.25, 0.3) is 0 Å². The van der Waals surface area contributed by atoms with E-state index in [0.29, 0.717) is 96.7 Å². The molecule has 6 fully saturated rings. The topological polar surface area (TPSA) is 248 Å². The van der Waals surface area contributed by atoms with Crippen molar-refractivity contribution in [1.29, 1.82) is 0 Å². The second-order valence-electron chi connectivity index (χ2n) is 26.2.